The molecule has 3 saturated heterocycles. The second-order valence-electron chi connectivity index (χ2n) is 13.3. The van der Waals surface area contributed by atoms with Gasteiger partial charge >= 0.3 is 0 Å². The molecule has 0 radical (unpaired) electrons. The number of likely N-dealkylation sites (tertiary alicyclic amines) is 1. The highest BCUT2D eigenvalue weighted by atomic mass is 19.1. The van der Waals surface area contributed by atoms with Crippen molar-refractivity contribution in [1.82, 2.24) is 19.4 Å². The van der Waals surface area contributed by atoms with Gasteiger partial charge < -0.3 is 9.47 Å². The Balaban J connectivity index is 1.19. The molecule has 4 heterocycles. The molecule has 0 N–H and O–H groups in total. The SMILES string of the molecule is Cc1nc2ccccc2n1C1C[C@H]2CC[C@@H](C1)N2CCC1(c2cccc(F)c2)CCN(C(=O)C(C)(C)C)CC1. The van der Waals surface area contributed by atoms with Crippen LogP contribution in [0.15, 0.2) is 48.5 Å². The Labute approximate surface area is 232 Å². The van der Waals surface area contributed by atoms with E-state index in [4.69, 9.17) is 4.98 Å². The molecule has 5 nitrogen and oxygen atoms in total. The molecule has 6 heteroatoms. The summed E-state index contributed by atoms with van der Waals surface area (Å²) in [5.74, 6) is 1.18. The summed E-state index contributed by atoms with van der Waals surface area (Å²) in [5, 5.41) is 0. The van der Waals surface area contributed by atoms with Crippen molar-refractivity contribution in [3.05, 3.63) is 65.7 Å². The van der Waals surface area contributed by atoms with Gasteiger partial charge in [-0.3, -0.25) is 9.69 Å². The Hall–Kier alpha value is -2.73. The number of halogens is 1. The zero-order chi connectivity index (χ0) is 27.4. The summed E-state index contributed by atoms with van der Waals surface area (Å²) in [6, 6.07) is 17.4. The lowest BCUT2D eigenvalue weighted by Gasteiger charge is -2.46. The van der Waals surface area contributed by atoms with Gasteiger partial charge in [0, 0.05) is 36.6 Å². The van der Waals surface area contributed by atoms with Crippen molar-refractivity contribution in [3.63, 3.8) is 0 Å². The third-order valence-corrected chi connectivity index (χ3v) is 9.93. The average Bonchev–Trinajstić information content (AvgIpc) is 3.37. The van der Waals surface area contributed by atoms with Crippen molar-refractivity contribution in [2.45, 2.75) is 96.2 Å². The normalized spacial score (nSPS) is 25.4. The van der Waals surface area contributed by atoms with Crippen LogP contribution in [0.3, 0.4) is 0 Å². The number of rotatable bonds is 5. The number of fused-ring (bicyclic) bond motifs is 3. The lowest BCUT2D eigenvalue weighted by atomic mass is 9.70. The summed E-state index contributed by atoms with van der Waals surface area (Å²) in [7, 11) is 0. The molecule has 2 bridgehead atoms. The third kappa shape index (κ3) is 4.90. The highest BCUT2D eigenvalue weighted by molar-refractivity contribution is 5.81. The molecular weight excluding hydrogens is 487 g/mol. The molecule has 0 aliphatic carbocycles. The number of aromatic nitrogens is 2. The van der Waals surface area contributed by atoms with E-state index in [0.29, 0.717) is 18.1 Å². The molecule has 6 rings (SSSR count). The number of hydrogen-bond donors (Lipinski definition) is 0. The molecule has 0 saturated carbocycles. The van der Waals surface area contributed by atoms with Gasteiger partial charge in [0.1, 0.15) is 11.6 Å². The number of hydrogen-bond acceptors (Lipinski definition) is 3. The molecule has 1 unspecified atom stereocenters. The maximum absolute atomic E-state index is 14.4. The summed E-state index contributed by atoms with van der Waals surface area (Å²) < 4.78 is 16.9. The first-order valence-electron chi connectivity index (χ1n) is 14.9. The Bertz CT molecular complexity index is 1340. The highest BCUT2D eigenvalue weighted by Gasteiger charge is 2.44. The fourth-order valence-corrected chi connectivity index (χ4v) is 7.90. The first kappa shape index (κ1) is 26.5. The number of para-hydroxylation sites is 2. The molecule has 2 aromatic carbocycles. The first-order chi connectivity index (χ1) is 18.6. The molecular formula is C33H43FN4O. The molecule has 0 spiro atoms. The monoisotopic (exact) mass is 530 g/mol. The third-order valence-electron chi connectivity index (χ3n) is 9.93. The number of carbonyl (C=O) groups is 1. The van der Waals surface area contributed by atoms with Gasteiger partial charge in [-0.2, -0.15) is 0 Å². The second-order valence-corrected chi connectivity index (χ2v) is 13.3. The van der Waals surface area contributed by atoms with Crippen molar-refractivity contribution in [2.75, 3.05) is 19.6 Å². The van der Waals surface area contributed by atoms with Crippen LogP contribution in [0, 0.1) is 18.2 Å². The van der Waals surface area contributed by atoms with Crippen molar-refractivity contribution in [2.24, 2.45) is 5.41 Å². The van der Waals surface area contributed by atoms with Gasteiger partial charge in [-0.1, -0.05) is 45.0 Å². The number of piperidine rings is 2. The largest absolute Gasteiger partial charge is 0.342 e. The van der Waals surface area contributed by atoms with Crippen LogP contribution in [0.5, 0.6) is 0 Å². The smallest absolute Gasteiger partial charge is 0.227 e. The zero-order valence-corrected chi connectivity index (χ0v) is 24.0. The standard InChI is InChI=1S/C33H43FN4O/c1-23-35-29-10-5-6-11-30(29)38(23)28-21-26-12-13-27(22-28)37(26)19-16-33(24-8-7-9-25(34)20-24)14-17-36(18-15-33)31(39)32(2,3)4/h5-11,20,26-28H,12-19,21-22H2,1-4H3/t26-,27+,28?. The van der Waals surface area contributed by atoms with E-state index in [1.165, 1.54) is 31.2 Å². The molecule has 3 fully saturated rings. The highest BCUT2D eigenvalue weighted by Crippen LogP contribution is 2.45. The number of aryl methyl sites for hydroxylation is 1. The molecule has 3 aliphatic rings. The summed E-state index contributed by atoms with van der Waals surface area (Å²) in [5.41, 5.74) is 2.99. The van der Waals surface area contributed by atoms with E-state index in [9.17, 15) is 9.18 Å². The van der Waals surface area contributed by atoms with Crippen LogP contribution in [0.25, 0.3) is 11.0 Å². The quantitative estimate of drug-likeness (QED) is 0.371. The molecule has 39 heavy (non-hydrogen) atoms. The average molecular weight is 531 g/mol. The number of benzene rings is 2. The Morgan fingerprint density at radius 2 is 1.69 bits per heavy atom. The van der Waals surface area contributed by atoms with E-state index in [1.54, 1.807) is 12.1 Å². The van der Waals surface area contributed by atoms with Crippen LogP contribution in [0.1, 0.15) is 83.1 Å². The van der Waals surface area contributed by atoms with Gasteiger partial charge in [0.2, 0.25) is 5.91 Å². The van der Waals surface area contributed by atoms with E-state index in [1.807, 2.05) is 31.7 Å². The minimum absolute atomic E-state index is 0.0931. The van der Waals surface area contributed by atoms with Crippen LogP contribution in [0.2, 0.25) is 0 Å². The molecule has 1 aromatic heterocycles. The fraction of sp³-hybridized carbons (Fsp3) is 0.576. The van der Waals surface area contributed by atoms with Gasteiger partial charge in [0.15, 0.2) is 0 Å². The van der Waals surface area contributed by atoms with Crippen LogP contribution < -0.4 is 0 Å². The van der Waals surface area contributed by atoms with Crippen molar-refractivity contribution >= 4 is 16.9 Å². The Morgan fingerprint density at radius 3 is 2.36 bits per heavy atom. The van der Waals surface area contributed by atoms with Gasteiger partial charge in [-0.25, -0.2) is 9.37 Å². The van der Waals surface area contributed by atoms with Crippen LogP contribution in [0.4, 0.5) is 4.39 Å². The van der Waals surface area contributed by atoms with E-state index < -0.39 is 0 Å². The predicted molar refractivity (Wildman–Crippen MR) is 154 cm³/mol. The van der Waals surface area contributed by atoms with Crippen LogP contribution in [-0.4, -0.2) is 57.0 Å². The maximum atomic E-state index is 14.4. The lowest BCUT2D eigenvalue weighted by molar-refractivity contribution is -0.141. The van der Waals surface area contributed by atoms with E-state index in [-0.39, 0.29) is 22.6 Å². The Kier molecular flexibility index (Phi) is 6.81. The van der Waals surface area contributed by atoms with Gasteiger partial charge in [0.25, 0.3) is 0 Å². The number of nitrogens with zero attached hydrogens (tertiary/aromatic N) is 4. The summed E-state index contributed by atoms with van der Waals surface area (Å²) in [6.45, 7) is 10.7. The molecule has 3 aromatic rings. The summed E-state index contributed by atoms with van der Waals surface area (Å²) in [6.07, 6.45) is 7.64. The second kappa shape index (κ2) is 10.0. The lowest BCUT2D eigenvalue weighted by Crippen LogP contribution is -2.50. The van der Waals surface area contributed by atoms with E-state index in [0.717, 1.165) is 55.8 Å². The maximum Gasteiger partial charge on any atom is 0.227 e. The number of carbonyl (C=O) groups excluding carboxylic acids is 1. The zero-order valence-electron chi connectivity index (χ0n) is 24.0. The van der Waals surface area contributed by atoms with Crippen molar-refractivity contribution in [1.29, 1.82) is 0 Å². The number of amides is 1. The molecule has 3 aliphatic heterocycles. The van der Waals surface area contributed by atoms with Crippen LogP contribution in [-0.2, 0) is 10.2 Å². The van der Waals surface area contributed by atoms with Gasteiger partial charge in [-0.15, -0.1) is 0 Å². The van der Waals surface area contributed by atoms with Crippen LogP contribution >= 0.6 is 0 Å². The van der Waals surface area contributed by atoms with Gasteiger partial charge in [-0.05, 0) is 93.7 Å². The van der Waals surface area contributed by atoms with E-state index >= 15 is 0 Å². The summed E-state index contributed by atoms with van der Waals surface area (Å²) in [4.78, 5) is 22.7. The van der Waals surface area contributed by atoms with Gasteiger partial charge in [0.05, 0.1) is 11.0 Å². The summed E-state index contributed by atoms with van der Waals surface area (Å²) >= 11 is 0. The van der Waals surface area contributed by atoms with Crippen molar-refractivity contribution < 1.29 is 9.18 Å². The van der Waals surface area contributed by atoms with E-state index in [2.05, 4.69) is 46.7 Å². The topological polar surface area (TPSA) is 41.4 Å². The minimum atomic E-state index is -0.374. The molecule has 3 atom stereocenters. The van der Waals surface area contributed by atoms with Crippen molar-refractivity contribution in [3.8, 4) is 0 Å². The Morgan fingerprint density at radius 1 is 1.00 bits per heavy atom. The number of imidazole rings is 1. The molecule has 1 amide bonds. The fourth-order valence-electron chi connectivity index (χ4n) is 7.90. The first-order valence-corrected chi connectivity index (χ1v) is 14.9. The minimum Gasteiger partial charge on any atom is -0.342 e. The predicted octanol–water partition coefficient (Wildman–Crippen LogP) is 6.65. The molecule has 208 valence electrons.